The number of nitrogens with zero attached hydrogens (tertiary/aromatic N) is 2. The average molecular weight is 478 g/mol. The van der Waals surface area contributed by atoms with Crippen LogP contribution in [0.15, 0.2) is 24.3 Å². The molecule has 2 aliphatic carbocycles. The lowest BCUT2D eigenvalue weighted by atomic mass is 9.70. The number of hydrogen-bond acceptors (Lipinski definition) is 6. The predicted molar refractivity (Wildman–Crippen MR) is 128 cm³/mol. The van der Waals surface area contributed by atoms with Crippen LogP contribution in [-0.2, 0) is 24.3 Å². The number of ketones is 1. The molecule has 3 fully saturated rings. The van der Waals surface area contributed by atoms with Crippen molar-refractivity contribution >= 4 is 33.1 Å². The van der Waals surface area contributed by atoms with Gasteiger partial charge in [-0.1, -0.05) is 20.8 Å². The third-order valence-electron chi connectivity index (χ3n) is 8.16. The maximum atomic E-state index is 13.3. The fourth-order valence-corrected chi connectivity index (χ4v) is 8.05. The van der Waals surface area contributed by atoms with Crippen molar-refractivity contribution in [2.75, 3.05) is 55.4 Å². The number of carbonyl (C=O) groups excluding carboxylic acids is 2. The summed E-state index contributed by atoms with van der Waals surface area (Å²) in [6.07, 6.45) is 1.97. The number of likely N-dealkylation sites (N-methyl/N-ethyl adjacent to an activating group) is 1. The predicted octanol–water partition coefficient (Wildman–Crippen LogP) is 2.51. The number of amides is 1. The monoisotopic (exact) mass is 477 g/mol. The summed E-state index contributed by atoms with van der Waals surface area (Å²) in [4.78, 5) is 27.7. The highest BCUT2D eigenvalue weighted by Crippen LogP contribution is 2.64. The van der Waals surface area contributed by atoms with E-state index in [0.29, 0.717) is 31.7 Å². The normalized spacial score (nSPS) is 26.7. The van der Waals surface area contributed by atoms with Crippen LogP contribution in [0.5, 0.6) is 0 Å². The molecule has 1 aliphatic heterocycles. The van der Waals surface area contributed by atoms with Gasteiger partial charge in [-0.25, -0.2) is 8.42 Å². The summed E-state index contributed by atoms with van der Waals surface area (Å²) in [6.45, 7) is 8.74. The van der Waals surface area contributed by atoms with Gasteiger partial charge in [0.15, 0.2) is 0 Å². The number of fused-ring (bicyclic) bond motifs is 2. The molecule has 1 saturated heterocycles. The number of rotatable bonds is 8. The molecule has 1 aromatic rings. The Hall–Kier alpha value is -1.97. The minimum absolute atomic E-state index is 0.0631. The van der Waals surface area contributed by atoms with Crippen LogP contribution in [0.4, 0.5) is 11.4 Å². The standard InChI is InChI=1S/C24H35N3O5S/c1-4-27(33(30,31)17-24-10-9-18(15-21(24)28)23(24,2)3)16-22(29)25-19-5-7-20(8-6-19)26-11-13-32-14-12-26/h5-8,18H,4,9-17H2,1-3H3,(H,25,29). The van der Waals surface area contributed by atoms with Crippen LogP contribution in [0.25, 0.3) is 0 Å². The molecule has 2 unspecified atom stereocenters. The highest BCUT2D eigenvalue weighted by atomic mass is 32.2. The van der Waals surface area contributed by atoms with Crippen LogP contribution in [-0.4, -0.2) is 69.6 Å². The summed E-state index contributed by atoms with van der Waals surface area (Å²) < 4.78 is 33.2. The summed E-state index contributed by atoms with van der Waals surface area (Å²) in [5.41, 5.74) is 0.512. The van der Waals surface area contributed by atoms with E-state index in [9.17, 15) is 18.0 Å². The summed E-state index contributed by atoms with van der Waals surface area (Å²) >= 11 is 0. The summed E-state index contributed by atoms with van der Waals surface area (Å²) in [6, 6.07) is 7.53. The van der Waals surface area contributed by atoms with Gasteiger partial charge in [-0.05, 0) is 48.4 Å². The Morgan fingerprint density at radius 3 is 2.42 bits per heavy atom. The first-order valence-corrected chi connectivity index (χ1v) is 13.4. The second-order valence-electron chi connectivity index (χ2n) is 10.0. The molecule has 1 N–H and O–H groups in total. The van der Waals surface area contributed by atoms with E-state index in [4.69, 9.17) is 4.74 Å². The fourth-order valence-electron chi connectivity index (χ4n) is 5.86. The van der Waals surface area contributed by atoms with Gasteiger partial charge in [0.2, 0.25) is 15.9 Å². The third kappa shape index (κ3) is 4.42. The zero-order valence-electron chi connectivity index (χ0n) is 19.8. The minimum Gasteiger partial charge on any atom is -0.378 e. The summed E-state index contributed by atoms with van der Waals surface area (Å²) in [5, 5.41) is 2.80. The average Bonchev–Trinajstić information content (AvgIpc) is 3.12. The molecule has 8 nitrogen and oxygen atoms in total. The Morgan fingerprint density at radius 1 is 1.21 bits per heavy atom. The Kier molecular flexibility index (Phi) is 6.59. The van der Waals surface area contributed by atoms with Gasteiger partial charge < -0.3 is 15.0 Å². The van der Waals surface area contributed by atoms with Crippen molar-refractivity contribution in [2.45, 2.75) is 40.0 Å². The van der Waals surface area contributed by atoms with Crippen molar-refractivity contribution in [3.05, 3.63) is 24.3 Å². The molecule has 0 radical (unpaired) electrons. The molecule has 0 aromatic heterocycles. The molecule has 3 aliphatic rings. The third-order valence-corrected chi connectivity index (χ3v) is 10.2. The van der Waals surface area contributed by atoms with Gasteiger partial charge >= 0.3 is 0 Å². The topological polar surface area (TPSA) is 96.0 Å². The molecule has 9 heteroatoms. The molecule has 1 aromatic carbocycles. The number of ether oxygens (including phenoxy) is 1. The first-order valence-electron chi connectivity index (χ1n) is 11.8. The van der Waals surface area contributed by atoms with E-state index >= 15 is 0 Å². The molecule has 4 rings (SSSR count). The first kappa shape index (κ1) is 24.2. The van der Waals surface area contributed by atoms with E-state index in [0.717, 1.165) is 25.2 Å². The van der Waals surface area contributed by atoms with Crippen molar-refractivity contribution in [3.63, 3.8) is 0 Å². The van der Waals surface area contributed by atoms with Crippen molar-refractivity contribution in [1.82, 2.24) is 4.31 Å². The molecule has 1 heterocycles. The quantitative estimate of drug-likeness (QED) is 0.618. The van der Waals surface area contributed by atoms with Crippen molar-refractivity contribution in [2.24, 2.45) is 16.7 Å². The number of anilines is 2. The SMILES string of the molecule is CCN(CC(=O)Nc1ccc(N2CCOCC2)cc1)S(=O)(=O)CC12CCC(CC1=O)C2(C)C. The minimum atomic E-state index is -3.78. The Labute approximate surface area is 196 Å². The van der Waals surface area contributed by atoms with Gasteiger partial charge in [0.25, 0.3) is 0 Å². The van der Waals surface area contributed by atoms with E-state index in [1.165, 1.54) is 4.31 Å². The number of benzene rings is 1. The number of Topliss-reactive ketones (excluding diaryl/α,β-unsaturated/α-hetero) is 1. The Balaban J connectivity index is 1.40. The van der Waals surface area contributed by atoms with Gasteiger partial charge in [0.1, 0.15) is 5.78 Å². The maximum absolute atomic E-state index is 13.3. The van der Waals surface area contributed by atoms with Crippen LogP contribution >= 0.6 is 0 Å². The zero-order valence-corrected chi connectivity index (χ0v) is 20.6. The molecule has 1 amide bonds. The second-order valence-corrected chi connectivity index (χ2v) is 12.0. The zero-order chi connectivity index (χ0) is 23.9. The van der Waals surface area contributed by atoms with Gasteiger partial charge in [-0.15, -0.1) is 0 Å². The Morgan fingerprint density at radius 2 is 1.88 bits per heavy atom. The first-order chi connectivity index (χ1) is 15.6. The number of carbonyl (C=O) groups is 2. The fraction of sp³-hybridized carbons (Fsp3) is 0.667. The van der Waals surface area contributed by atoms with E-state index in [1.54, 1.807) is 6.92 Å². The van der Waals surface area contributed by atoms with Crippen molar-refractivity contribution < 1.29 is 22.7 Å². The van der Waals surface area contributed by atoms with Gasteiger partial charge in [-0.2, -0.15) is 4.31 Å². The van der Waals surface area contributed by atoms with Crippen LogP contribution in [0, 0.1) is 16.7 Å². The molecule has 182 valence electrons. The second kappa shape index (κ2) is 9.00. The van der Waals surface area contributed by atoms with E-state index in [2.05, 4.69) is 10.2 Å². The lowest BCUT2D eigenvalue weighted by Crippen LogP contribution is -2.48. The number of morpholine rings is 1. The van der Waals surface area contributed by atoms with Crippen LogP contribution in [0.2, 0.25) is 0 Å². The summed E-state index contributed by atoms with van der Waals surface area (Å²) in [5.74, 6) is -0.289. The number of sulfonamides is 1. The number of hydrogen-bond donors (Lipinski definition) is 1. The van der Waals surface area contributed by atoms with Crippen LogP contribution in [0.3, 0.4) is 0 Å². The molecule has 2 saturated carbocycles. The van der Waals surface area contributed by atoms with E-state index < -0.39 is 21.3 Å². The molecule has 33 heavy (non-hydrogen) atoms. The lowest BCUT2D eigenvalue weighted by Gasteiger charge is -2.37. The molecular weight excluding hydrogens is 442 g/mol. The number of nitrogens with one attached hydrogen (secondary N) is 1. The van der Waals surface area contributed by atoms with Crippen molar-refractivity contribution in [3.8, 4) is 0 Å². The summed E-state index contributed by atoms with van der Waals surface area (Å²) in [7, 11) is -3.78. The van der Waals surface area contributed by atoms with Crippen molar-refractivity contribution in [1.29, 1.82) is 0 Å². The molecule has 0 spiro atoms. The highest BCUT2D eigenvalue weighted by Gasteiger charge is 2.65. The largest absolute Gasteiger partial charge is 0.378 e. The van der Waals surface area contributed by atoms with Crippen LogP contribution in [0.1, 0.15) is 40.0 Å². The van der Waals surface area contributed by atoms with Gasteiger partial charge in [-0.3, -0.25) is 9.59 Å². The molecule has 2 bridgehead atoms. The van der Waals surface area contributed by atoms with Gasteiger partial charge in [0.05, 0.1) is 25.5 Å². The maximum Gasteiger partial charge on any atom is 0.239 e. The van der Waals surface area contributed by atoms with Crippen LogP contribution < -0.4 is 10.2 Å². The van der Waals surface area contributed by atoms with E-state index in [-0.39, 0.29) is 36.0 Å². The smallest absolute Gasteiger partial charge is 0.239 e. The van der Waals surface area contributed by atoms with E-state index in [1.807, 2.05) is 38.1 Å². The molecular formula is C24H35N3O5S. The Bertz CT molecular complexity index is 1000. The molecule has 2 atom stereocenters. The highest BCUT2D eigenvalue weighted by molar-refractivity contribution is 7.89. The van der Waals surface area contributed by atoms with Gasteiger partial charge in [0, 0.05) is 42.8 Å². The lowest BCUT2D eigenvalue weighted by molar-refractivity contribution is -0.128.